The number of pyridine rings is 1. The third-order valence-electron chi connectivity index (χ3n) is 2.60. The third kappa shape index (κ3) is 2.62. The van der Waals surface area contributed by atoms with Crippen molar-refractivity contribution in [3.8, 4) is 11.4 Å². The fourth-order valence-electron chi connectivity index (χ4n) is 1.86. The summed E-state index contributed by atoms with van der Waals surface area (Å²) in [6.45, 7) is 4.35. The van der Waals surface area contributed by atoms with E-state index in [-0.39, 0.29) is 5.56 Å². The Kier molecular flexibility index (Phi) is 3.53. The van der Waals surface area contributed by atoms with Gasteiger partial charge in [0.1, 0.15) is 5.82 Å². The van der Waals surface area contributed by atoms with Crippen molar-refractivity contribution in [3.05, 3.63) is 45.6 Å². The average molecular weight is 244 g/mol. The zero-order chi connectivity index (χ0) is 13.1. The van der Waals surface area contributed by atoms with Crippen molar-refractivity contribution in [2.45, 2.75) is 20.4 Å². The number of aromatic nitrogens is 3. The first-order valence-corrected chi connectivity index (χ1v) is 5.78. The van der Waals surface area contributed by atoms with Gasteiger partial charge in [0.05, 0.1) is 0 Å². The number of H-pyrrole nitrogens is 1. The van der Waals surface area contributed by atoms with E-state index in [1.807, 2.05) is 26.0 Å². The average Bonchev–Trinajstić information content (AvgIpc) is 2.30. The van der Waals surface area contributed by atoms with E-state index in [9.17, 15) is 4.79 Å². The molecule has 0 fully saturated rings. The van der Waals surface area contributed by atoms with E-state index in [4.69, 9.17) is 0 Å². The highest BCUT2D eigenvalue weighted by Gasteiger charge is 2.05. The van der Waals surface area contributed by atoms with E-state index in [1.54, 1.807) is 13.2 Å². The molecule has 2 heterocycles. The van der Waals surface area contributed by atoms with Gasteiger partial charge in [0.2, 0.25) is 0 Å². The molecule has 0 aliphatic carbocycles. The molecule has 94 valence electrons. The van der Waals surface area contributed by atoms with Crippen molar-refractivity contribution in [2.24, 2.45) is 0 Å². The maximum absolute atomic E-state index is 11.8. The van der Waals surface area contributed by atoms with Crippen LogP contribution in [0, 0.1) is 13.8 Å². The van der Waals surface area contributed by atoms with E-state index in [1.165, 1.54) is 0 Å². The lowest BCUT2D eigenvalue weighted by Crippen LogP contribution is -2.19. The molecule has 5 nitrogen and oxygen atoms in total. The molecule has 0 saturated carbocycles. The molecule has 0 unspecified atom stereocenters. The normalized spacial score (nSPS) is 10.6. The first kappa shape index (κ1) is 12.4. The highest BCUT2D eigenvalue weighted by Crippen LogP contribution is 2.15. The molecule has 5 heteroatoms. The standard InChI is InChI=1S/C13H16N4O/c1-8-4-10(5-9(2)16-8)12-15-7-11(6-14-3)13(18)17-12/h4-5,7,14H,6H2,1-3H3,(H,15,17,18). The molecule has 2 aromatic rings. The summed E-state index contributed by atoms with van der Waals surface area (Å²) >= 11 is 0. The van der Waals surface area contributed by atoms with E-state index in [0.717, 1.165) is 17.0 Å². The van der Waals surface area contributed by atoms with Crippen molar-refractivity contribution in [1.82, 2.24) is 20.3 Å². The van der Waals surface area contributed by atoms with Crippen molar-refractivity contribution in [3.63, 3.8) is 0 Å². The van der Waals surface area contributed by atoms with Crippen LogP contribution in [0.2, 0.25) is 0 Å². The van der Waals surface area contributed by atoms with E-state index < -0.39 is 0 Å². The summed E-state index contributed by atoms with van der Waals surface area (Å²) < 4.78 is 0. The summed E-state index contributed by atoms with van der Waals surface area (Å²) in [5, 5.41) is 2.93. The first-order chi connectivity index (χ1) is 8.60. The number of hydrogen-bond acceptors (Lipinski definition) is 4. The quantitative estimate of drug-likeness (QED) is 0.850. The third-order valence-corrected chi connectivity index (χ3v) is 2.60. The van der Waals surface area contributed by atoms with Gasteiger partial charge in [-0.1, -0.05) is 0 Å². The molecule has 0 atom stereocenters. The summed E-state index contributed by atoms with van der Waals surface area (Å²) in [4.78, 5) is 23.2. The highest BCUT2D eigenvalue weighted by molar-refractivity contribution is 5.55. The molecular weight excluding hydrogens is 228 g/mol. The van der Waals surface area contributed by atoms with Gasteiger partial charge in [-0.15, -0.1) is 0 Å². The van der Waals surface area contributed by atoms with Crippen LogP contribution in [0.1, 0.15) is 17.0 Å². The predicted octanol–water partition coefficient (Wildman–Crippen LogP) is 1.17. The lowest BCUT2D eigenvalue weighted by atomic mass is 10.2. The predicted molar refractivity (Wildman–Crippen MR) is 70.3 cm³/mol. The smallest absolute Gasteiger partial charge is 0.255 e. The van der Waals surface area contributed by atoms with Crippen LogP contribution in [0.15, 0.2) is 23.1 Å². The van der Waals surface area contributed by atoms with E-state index in [0.29, 0.717) is 17.9 Å². The number of aryl methyl sites for hydroxylation is 2. The summed E-state index contributed by atoms with van der Waals surface area (Å²) in [7, 11) is 1.79. The molecule has 2 rings (SSSR count). The Morgan fingerprint density at radius 3 is 2.50 bits per heavy atom. The summed E-state index contributed by atoms with van der Waals surface area (Å²) in [6, 6.07) is 3.81. The van der Waals surface area contributed by atoms with Crippen LogP contribution in [0.25, 0.3) is 11.4 Å². The van der Waals surface area contributed by atoms with Crippen molar-refractivity contribution < 1.29 is 0 Å². The zero-order valence-electron chi connectivity index (χ0n) is 10.7. The summed E-state index contributed by atoms with van der Waals surface area (Å²) in [5.74, 6) is 0.577. The Morgan fingerprint density at radius 2 is 1.94 bits per heavy atom. The Morgan fingerprint density at radius 1 is 1.28 bits per heavy atom. The number of rotatable bonds is 3. The second-order valence-electron chi connectivity index (χ2n) is 4.26. The Balaban J connectivity index is 2.45. The minimum absolute atomic E-state index is 0.110. The minimum Gasteiger partial charge on any atom is -0.315 e. The maximum atomic E-state index is 11.8. The van der Waals surface area contributed by atoms with Gasteiger partial charge < -0.3 is 10.3 Å². The van der Waals surface area contributed by atoms with Crippen LogP contribution in [0.4, 0.5) is 0 Å². The van der Waals surface area contributed by atoms with Crippen LogP contribution in [-0.4, -0.2) is 22.0 Å². The second-order valence-corrected chi connectivity index (χ2v) is 4.26. The van der Waals surface area contributed by atoms with Crippen molar-refractivity contribution in [2.75, 3.05) is 7.05 Å². The van der Waals surface area contributed by atoms with Crippen LogP contribution in [0.3, 0.4) is 0 Å². The molecule has 2 aromatic heterocycles. The Bertz CT molecular complexity index is 598. The Labute approximate surface area is 105 Å². The van der Waals surface area contributed by atoms with Crippen LogP contribution in [0.5, 0.6) is 0 Å². The van der Waals surface area contributed by atoms with Crippen molar-refractivity contribution >= 4 is 0 Å². The molecule has 0 radical (unpaired) electrons. The Hall–Kier alpha value is -2.01. The van der Waals surface area contributed by atoms with Crippen LogP contribution >= 0.6 is 0 Å². The molecule has 0 amide bonds. The van der Waals surface area contributed by atoms with Crippen LogP contribution in [-0.2, 0) is 6.54 Å². The topological polar surface area (TPSA) is 70.7 Å². The molecule has 18 heavy (non-hydrogen) atoms. The SMILES string of the molecule is CNCc1cnc(-c2cc(C)nc(C)c2)[nH]c1=O. The molecule has 0 aliphatic heterocycles. The van der Waals surface area contributed by atoms with Gasteiger partial charge in [0.15, 0.2) is 0 Å². The highest BCUT2D eigenvalue weighted by atomic mass is 16.1. The molecule has 0 aliphatic rings. The molecular formula is C13H16N4O. The molecule has 0 spiro atoms. The number of hydrogen-bond donors (Lipinski definition) is 2. The number of aromatic amines is 1. The largest absolute Gasteiger partial charge is 0.315 e. The van der Waals surface area contributed by atoms with E-state index in [2.05, 4.69) is 20.3 Å². The fraction of sp³-hybridized carbons (Fsp3) is 0.308. The van der Waals surface area contributed by atoms with Gasteiger partial charge in [-0.2, -0.15) is 0 Å². The van der Waals surface area contributed by atoms with Crippen LogP contribution < -0.4 is 10.9 Å². The monoisotopic (exact) mass is 244 g/mol. The second kappa shape index (κ2) is 5.10. The lowest BCUT2D eigenvalue weighted by Gasteiger charge is -2.05. The first-order valence-electron chi connectivity index (χ1n) is 5.78. The van der Waals surface area contributed by atoms with Gasteiger partial charge in [-0.05, 0) is 33.0 Å². The van der Waals surface area contributed by atoms with Gasteiger partial charge in [-0.3, -0.25) is 9.78 Å². The van der Waals surface area contributed by atoms with Crippen molar-refractivity contribution in [1.29, 1.82) is 0 Å². The van der Waals surface area contributed by atoms with Gasteiger partial charge >= 0.3 is 0 Å². The summed E-state index contributed by atoms with van der Waals surface area (Å²) in [6.07, 6.45) is 1.61. The van der Waals surface area contributed by atoms with E-state index >= 15 is 0 Å². The van der Waals surface area contributed by atoms with Gasteiger partial charge in [-0.25, -0.2) is 4.98 Å². The zero-order valence-corrected chi connectivity index (χ0v) is 10.7. The van der Waals surface area contributed by atoms with Gasteiger partial charge in [0, 0.05) is 35.3 Å². The fourth-order valence-corrected chi connectivity index (χ4v) is 1.86. The maximum Gasteiger partial charge on any atom is 0.255 e. The molecule has 0 bridgehead atoms. The number of nitrogens with zero attached hydrogens (tertiary/aromatic N) is 2. The summed E-state index contributed by atoms with van der Waals surface area (Å²) in [5.41, 5.74) is 3.22. The minimum atomic E-state index is -0.110. The number of nitrogens with one attached hydrogen (secondary N) is 2. The lowest BCUT2D eigenvalue weighted by molar-refractivity contribution is 0.798. The van der Waals surface area contributed by atoms with Gasteiger partial charge in [0.25, 0.3) is 5.56 Å². The molecule has 2 N–H and O–H groups in total. The molecule has 0 saturated heterocycles. The molecule has 0 aromatic carbocycles.